The average molecular weight is 330 g/mol. The highest BCUT2D eigenvalue weighted by atomic mass is 16.4. The van der Waals surface area contributed by atoms with Gasteiger partial charge in [-0.15, -0.1) is 0 Å². The predicted molar refractivity (Wildman–Crippen MR) is 90.9 cm³/mol. The summed E-state index contributed by atoms with van der Waals surface area (Å²) in [6.07, 6.45) is -0.454. The quantitative estimate of drug-likeness (QED) is 0.796. The van der Waals surface area contributed by atoms with Gasteiger partial charge in [0.25, 0.3) is 0 Å². The minimum Gasteiger partial charge on any atom is -0.481 e. The fourth-order valence-electron chi connectivity index (χ4n) is 2.22. The van der Waals surface area contributed by atoms with Crippen molar-refractivity contribution in [2.45, 2.75) is 18.4 Å². The molecule has 0 radical (unpaired) electrons. The first-order chi connectivity index (χ1) is 11.5. The molecule has 0 bridgehead atoms. The number of carbonyl (C=O) groups excluding carboxylic acids is 1. The van der Waals surface area contributed by atoms with Gasteiger partial charge in [0, 0.05) is 26.2 Å². The largest absolute Gasteiger partial charge is 0.481 e. The summed E-state index contributed by atoms with van der Waals surface area (Å²) < 4.78 is 4.25. The van der Waals surface area contributed by atoms with Crippen LogP contribution in [0.25, 0.3) is 0 Å². The van der Waals surface area contributed by atoms with E-state index in [-0.39, 0.29) is 12.8 Å². The van der Waals surface area contributed by atoms with E-state index in [4.69, 9.17) is 5.11 Å². The number of ketones is 1. The van der Waals surface area contributed by atoms with Crippen molar-refractivity contribution in [1.29, 1.82) is 0 Å². The van der Waals surface area contributed by atoms with Crippen LogP contribution in [0, 0.1) is 0 Å². The summed E-state index contributed by atoms with van der Waals surface area (Å²) in [7, 11) is 3.25. The van der Waals surface area contributed by atoms with Crippen LogP contribution in [-0.2, 0) is 15.1 Å². The lowest BCUT2D eigenvalue weighted by Crippen LogP contribution is -2.36. The Morgan fingerprint density at radius 3 is 1.88 bits per heavy atom. The monoisotopic (exact) mass is 330 g/mol. The smallest absolute Gasteiger partial charge is 0.303 e. The number of carboxylic acids is 1. The van der Waals surface area contributed by atoms with Crippen LogP contribution in [0.15, 0.2) is 60.7 Å². The van der Waals surface area contributed by atoms with Crippen LogP contribution in [0.2, 0.25) is 0 Å². The Morgan fingerprint density at radius 2 is 1.42 bits per heavy atom. The number of rotatable bonds is 6. The van der Waals surface area contributed by atoms with Gasteiger partial charge >= 0.3 is 5.97 Å². The molecule has 0 aliphatic rings. The Kier molecular flexibility index (Phi) is 7.82. The third-order valence-electron chi connectivity index (χ3n) is 3.36. The van der Waals surface area contributed by atoms with E-state index < -0.39 is 17.4 Å². The second kappa shape index (κ2) is 9.60. The first kappa shape index (κ1) is 19.5. The van der Waals surface area contributed by atoms with Crippen molar-refractivity contribution < 1.29 is 24.5 Å². The maximum Gasteiger partial charge on any atom is 0.303 e. The maximum absolute atomic E-state index is 12.6. The van der Waals surface area contributed by atoms with Crippen LogP contribution in [0.3, 0.4) is 0 Å². The molecule has 0 saturated carbocycles. The van der Waals surface area contributed by atoms with Crippen molar-refractivity contribution >= 4 is 11.8 Å². The number of aliphatic hydroxyl groups is 1. The number of hydrogen-bond donors (Lipinski definition) is 2. The van der Waals surface area contributed by atoms with E-state index >= 15 is 0 Å². The van der Waals surface area contributed by atoms with E-state index in [0.717, 1.165) is 0 Å². The molecule has 0 aromatic heterocycles. The van der Waals surface area contributed by atoms with Gasteiger partial charge in [0.05, 0.1) is 0 Å². The molecule has 2 aromatic rings. The first-order valence-electron chi connectivity index (χ1n) is 7.45. The molecule has 0 amide bonds. The minimum absolute atomic E-state index is 0.167. The molecule has 0 fully saturated rings. The van der Waals surface area contributed by atoms with E-state index in [9.17, 15) is 14.7 Å². The Labute approximate surface area is 141 Å². The summed E-state index contributed by atoms with van der Waals surface area (Å²) >= 11 is 0. The highest BCUT2D eigenvalue weighted by Crippen LogP contribution is 2.30. The molecule has 1 atom stereocenters. The number of carboxylic acid groups (broad SMARTS) is 1. The van der Waals surface area contributed by atoms with Gasteiger partial charge in [-0.05, 0) is 12.0 Å². The number of benzene rings is 2. The van der Waals surface area contributed by atoms with Gasteiger partial charge in [-0.2, -0.15) is 0 Å². The van der Waals surface area contributed by atoms with Crippen molar-refractivity contribution in [3.05, 3.63) is 71.8 Å². The summed E-state index contributed by atoms with van der Waals surface area (Å²) in [5, 5.41) is 19.7. The molecule has 128 valence electrons. The molecule has 2 N–H and O–H groups in total. The second-order valence-corrected chi connectivity index (χ2v) is 5.22. The Balaban J connectivity index is 0.000000891. The molecule has 1 unspecified atom stereocenters. The number of methoxy groups -OCH3 is 1. The van der Waals surface area contributed by atoms with Crippen LogP contribution in [0.1, 0.15) is 28.8 Å². The van der Waals surface area contributed by atoms with Crippen LogP contribution < -0.4 is 0 Å². The SMILES string of the molecule is COC.O=C(O)CCC(O)(C(=O)c1ccccc1)c1ccccc1. The fourth-order valence-corrected chi connectivity index (χ4v) is 2.22. The molecule has 24 heavy (non-hydrogen) atoms. The summed E-state index contributed by atoms with van der Waals surface area (Å²) in [6, 6.07) is 16.8. The zero-order chi connectivity index (χ0) is 18.0. The standard InChI is InChI=1S/C17H16O4.C2H6O/c18-15(19)11-12-17(21,14-9-5-2-6-10-14)16(20)13-7-3-1-4-8-13;1-3-2/h1-10,21H,11-12H2,(H,18,19);1-2H3. The van der Waals surface area contributed by atoms with E-state index in [1.165, 1.54) is 0 Å². The van der Waals surface area contributed by atoms with Crippen molar-refractivity contribution in [2.75, 3.05) is 14.2 Å². The van der Waals surface area contributed by atoms with Crippen molar-refractivity contribution in [3.63, 3.8) is 0 Å². The molecular weight excluding hydrogens is 308 g/mol. The summed E-state index contributed by atoms with van der Waals surface area (Å²) in [4.78, 5) is 23.5. The van der Waals surface area contributed by atoms with E-state index in [1.807, 2.05) is 0 Å². The van der Waals surface area contributed by atoms with Crippen LogP contribution in [0.5, 0.6) is 0 Å². The van der Waals surface area contributed by atoms with Gasteiger partial charge in [-0.1, -0.05) is 60.7 Å². The van der Waals surface area contributed by atoms with Crippen molar-refractivity contribution in [3.8, 4) is 0 Å². The Bertz CT molecular complexity index is 639. The summed E-state index contributed by atoms with van der Waals surface area (Å²) in [5.74, 6) is -1.54. The van der Waals surface area contributed by atoms with Crippen LogP contribution >= 0.6 is 0 Å². The highest BCUT2D eigenvalue weighted by molar-refractivity contribution is 6.03. The number of hydrogen-bond acceptors (Lipinski definition) is 4. The van der Waals surface area contributed by atoms with Gasteiger partial charge in [-0.3, -0.25) is 9.59 Å². The van der Waals surface area contributed by atoms with E-state index in [2.05, 4.69) is 4.74 Å². The zero-order valence-corrected chi connectivity index (χ0v) is 13.8. The van der Waals surface area contributed by atoms with Gasteiger partial charge in [-0.25, -0.2) is 0 Å². The lowest BCUT2D eigenvalue weighted by molar-refractivity contribution is -0.138. The Morgan fingerprint density at radius 1 is 0.958 bits per heavy atom. The van der Waals surface area contributed by atoms with Crippen molar-refractivity contribution in [1.82, 2.24) is 0 Å². The number of aliphatic carboxylic acids is 1. The molecular formula is C19H22O5. The predicted octanol–water partition coefficient (Wildman–Crippen LogP) is 2.88. The van der Waals surface area contributed by atoms with Gasteiger partial charge in [0.2, 0.25) is 0 Å². The highest BCUT2D eigenvalue weighted by Gasteiger charge is 2.38. The molecule has 0 aliphatic carbocycles. The normalized spacial score (nSPS) is 12.5. The van der Waals surface area contributed by atoms with Crippen LogP contribution in [0.4, 0.5) is 0 Å². The summed E-state index contributed by atoms with van der Waals surface area (Å²) in [6.45, 7) is 0. The molecule has 0 aliphatic heterocycles. The molecule has 2 aromatic carbocycles. The van der Waals surface area contributed by atoms with Gasteiger partial charge in [0.1, 0.15) is 0 Å². The van der Waals surface area contributed by atoms with Crippen LogP contribution in [-0.4, -0.2) is 36.2 Å². The van der Waals surface area contributed by atoms with E-state index in [0.29, 0.717) is 11.1 Å². The molecule has 0 spiro atoms. The zero-order valence-electron chi connectivity index (χ0n) is 13.8. The van der Waals surface area contributed by atoms with Gasteiger partial charge < -0.3 is 14.9 Å². The molecule has 2 rings (SSSR count). The second-order valence-electron chi connectivity index (χ2n) is 5.22. The average Bonchev–Trinajstić information content (AvgIpc) is 2.61. The number of ether oxygens (including phenoxy) is 1. The third-order valence-corrected chi connectivity index (χ3v) is 3.36. The number of carbonyl (C=O) groups is 2. The minimum atomic E-state index is -1.83. The summed E-state index contributed by atoms with van der Waals surface area (Å²) in [5.41, 5.74) is -1.07. The lowest BCUT2D eigenvalue weighted by Gasteiger charge is -2.27. The first-order valence-corrected chi connectivity index (χ1v) is 7.45. The molecule has 5 nitrogen and oxygen atoms in total. The Hall–Kier alpha value is -2.50. The van der Waals surface area contributed by atoms with Gasteiger partial charge in [0.15, 0.2) is 11.4 Å². The number of Topliss-reactive ketones (excluding diaryl/α,β-unsaturated/α-hetero) is 1. The topological polar surface area (TPSA) is 83.8 Å². The molecule has 5 heteroatoms. The van der Waals surface area contributed by atoms with Crippen molar-refractivity contribution in [2.24, 2.45) is 0 Å². The fraction of sp³-hybridized carbons (Fsp3) is 0.263. The maximum atomic E-state index is 12.6. The van der Waals surface area contributed by atoms with E-state index in [1.54, 1.807) is 74.9 Å². The molecule has 0 heterocycles. The lowest BCUT2D eigenvalue weighted by atomic mass is 9.82. The molecule has 0 saturated heterocycles. The third kappa shape index (κ3) is 5.30.